The molecule has 1 fully saturated rings. The zero-order valence-electron chi connectivity index (χ0n) is 12.4. The number of thiophene rings is 1. The molecule has 0 aromatic carbocycles. The number of ether oxygens (including phenoxy) is 1. The standard InChI is InChI=1S/C14H24N2O3S2/c1-2-5-15-9-13-8-14(20-11-13)21(17,18)16-10-12-3-6-19-7-4-12/h8,11-12,15-16H,2-7,9-10H2,1H3. The van der Waals surface area contributed by atoms with Crippen LogP contribution in [0, 0.1) is 5.92 Å². The summed E-state index contributed by atoms with van der Waals surface area (Å²) in [6.07, 6.45) is 2.93. The molecule has 1 aliphatic heterocycles. The SMILES string of the molecule is CCCNCc1csc(S(=O)(=O)NCC2CCOCC2)c1. The largest absolute Gasteiger partial charge is 0.381 e. The third kappa shape index (κ3) is 5.34. The maximum Gasteiger partial charge on any atom is 0.250 e. The van der Waals surface area contributed by atoms with E-state index >= 15 is 0 Å². The summed E-state index contributed by atoms with van der Waals surface area (Å²) in [6.45, 7) is 5.75. The molecule has 0 amide bonds. The van der Waals surface area contributed by atoms with Gasteiger partial charge < -0.3 is 10.1 Å². The number of rotatable bonds is 8. The van der Waals surface area contributed by atoms with E-state index in [1.54, 1.807) is 6.07 Å². The van der Waals surface area contributed by atoms with Crippen LogP contribution in [0.4, 0.5) is 0 Å². The number of hydrogen-bond acceptors (Lipinski definition) is 5. The molecule has 120 valence electrons. The zero-order valence-corrected chi connectivity index (χ0v) is 14.1. The molecule has 0 spiro atoms. The third-order valence-electron chi connectivity index (χ3n) is 3.55. The van der Waals surface area contributed by atoms with Gasteiger partial charge in [0, 0.05) is 26.3 Å². The molecule has 5 nitrogen and oxygen atoms in total. The Morgan fingerprint density at radius 1 is 1.38 bits per heavy atom. The Kier molecular flexibility index (Phi) is 6.63. The average Bonchev–Trinajstić information content (AvgIpc) is 2.96. The van der Waals surface area contributed by atoms with Crippen LogP contribution in [-0.4, -0.2) is 34.7 Å². The van der Waals surface area contributed by atoms with Crippen molar-refractivity contribution in [3.8, 4) is 0 Å². The smallest absolute Gasteiger partial charge is 0.250 e. The van der Waals surface area contributed by atoms with Crippen molar-refractivity contribution in [1.82, 2.24) is 10.0 Å². The van der Waals surface area contributed by atoms with E-state index in [9.17, 15) is 8.42 Å². The van der Waals surface area contributed by atoms with Gasteiger partial charge in [-0.25, -0.2) is 13.1 Å². The molecule has 0 radical (unpaired) electrons. The molecule has 0 aliphatic carbocycles. The Hall–Kier alpha value is -0.470. The Morgan fingerprint density at radius 2 is 2.14 bits per heavy atom. The summed E-state index contributed by atoms with van der Waals surface area (Å²) in [5.41, 5.74) is 1.03. The summed E-state index contributed by atoms with van der Waals surface area (Å²) < 4.78 is 33.0. The first-order valence-corrected chi connectivity index (χ1v) is 9.83. The Balaban J connectivity index is 1.86. The normalized spacial score (nSPS) is 17.2. The van der Waals surface area contributed by atoms with Crippen molar-refractivity contribution in [2.24, 2.45) is 5.92 Å². The van der Waals surface area contributed by atoms with Crippen molar-refractivity contribution in [1.29, 1.82) is 0 Å². The van der Waals surface area contributed by atoms with Gasteiger partial charge in [-0.05, 0) is 48.7 Å². The van der Waals surface area contributed by atoms with Crippen molar-refractivity contribution in [3.05, 3.63) is 17.0 Å². The molecular weight excluding hydrogens is 308 g/mol. The van der Waals surface area contributed by atoms with E-state index in [0.717, 1.165) is 51.1 Å². The van der Waals surface area contributed by atoms with E-state index in [-0.39, 0.29) is 0 Å². The number of hydrogen-bond donors (Lipinski definition) is 2. The van der Waals surface area contributed by atoms with E-state index in [0.29, 0.717) is 16.7 Å². The molecule has 1 aromatic heterocycles. The van der Waals surface area contributed by atoms with E-state index in [4.69, 9.17) is 4.74 Å². The minimum atomic E-state index is -3.37. The zero-order chi connectivity index (χ0) is 15.1. The van der Waals surface area contributed by atoms with Crippen LogP contribution in [0.2, 0.25) is 0 Å². The maximum absolute atomic E-state index is 12.3. The fourth-order valence-corrected chi connectivity index (χ4v) is 4.62. The van der Waals surface area contributed by atoms with Crippen LogP contribution < -0.4 is 10.0 Å². The van der Waals surface area contributed by atoms with Gasteiger partial charge in [-0.3, -0.25) is 0 Å². The van der Waals surface area contributed by atoms with Gasteiger partial charge in [0.15, 0.2) is 0 Å². The van der Waals surface area contributed by atoms with Crippen LogP contribution in [0.25, 0.3) is 0 Å². The number of sulfonamides is 1. The molecule has 0 saturated carbocycles. The molecule has 2 heterocycles. The van der Waals surface area contributed by atoms with E-state index < -0.39 is 10.0 Å². The van der Waals surface area contributed by atoms with Crippen molar-refractivity contribution in [2.75, 3.05) is 26.3 Å². The van der Waals surface area contributed by atoms with Gasteiger partial charge in [-0.1, -0.05) is 6.92 Å². The second-order valence-corrected chi connectivity index (χ2v) is 8.26. The molecule has 7 heteroatoms. The summed E-state index contributed by atoms with van der Waals surface area (Å²) in [5, 5.41) is 5.19. The Bertz CT molecular complexity index is 522. The molecule has 0 atom stereocenters. The van der Waals surface area contributed by atoms with Crippen molar-refractivity contribution in [3.63, 3.8) is 0 Å². The minimum Gasteiger partial charge on any atom is -0.381 e. The second kappa shape index (κ2) is 8.24. The van der Waals surface area contributed by atoms with E-state index in [2.05, 4.69) is 17.0 Å². The van der Waals surface area contributed by atoms with E-state index in [1.807, 2.05) is 5.38 Å². The molecule has 1 saturated heterocycles. The minimum absolute atomic E-state index is 0.388. The van der Waals surface area contributed by atoms with Gasteiger partial charge in [-0.2, -0.15) is 0 Å². The lowest BCUT2D eigenvalue weighted by atomic mass is 10.0. The highest BCUT2D eigenvalue weighted by Crippen LogP contribution is 2.21. The summed E-state index contributed by atoms with van der Waals surface area (Å²) in [5.74, 6) is 0.388. The summed E-state index contributed by atoms with van der Waals surface area (Å²) >= 11 is 1.29. The average molecular weight is 332 g/mol. The third-order valence-corrected chi connectivity index (χ3v) is 6.47. The lowest BCUT2D eigenvalue weighted by molar-refractivity contribution is 0.0678. The quantitative estimate of drug-likeness (QED) is 0.714. The molecular formula is C14H24N2O3S2. The maximum atomic E-state index is 12.3. The van der Waals surface area contributed by atoms with Crippen molar-refractivity contribution in [2.45, 2.75) is 36.9 Å². The fourth-order valence-electron chi connectivity index (χ4n) is 2.25. The lowest BCUT2D eigenvalue weighted by Crippen LogP contribution is -2.31. The van der Waals surface area contributed by atoms with Crippen LogP contribution >= 0.6 is 11.3 Å². The monoisotopic (exact) mass is 332 g/mol. The van der Waals surface area contributed by atoms with E-state index in [1.165, 1.54) is 11.3 Å². The van der Waals surface area contributed by atoms with Gasteiger partial charge in [0.05, 0.1) is 0 Å². The Morgan fingerprint density at radius 3 is 2.86 bits per heavy atom. The summed E-state index contributed by atoms with van der Waals surface area (Å²) in [4.78, 5) is 0. The highest BCUT2D eigenvalue weighted by Gasteiger charge is 2.20. The first-order valence-electron chi connectivity index (χ1n) is 7.47. The van der Waals surface area contributed by atoms with Gasteiger partial charge in [0.1, 0.15) is 4.21 Å². The first-order chi connectivity index (χ1) is 10.1. The fraction of sp³-hybridized carbons (Fsp3) is 0.714. The van der Waals surface area contributed by atoms with Crippen LogP contribution in [-0.2, 0) is 21.3 Å². The van der Waals surface area contributed by atoms with Crippen molar-refractivity contribution >= 4 is 21.4 Å². The van der Waals surface area contributed by atoms with Gasteiger partial charge >= 0.3 is 0 Å². The highest BCUT2D eigenvalue weighted by atomic mass is 32.2. The summed E-state index contributed by atoms with van der Waals surface area (Å²) in [7, 11) is -3.37. The highest BCUT2D eigenvalue weighted by molar-refractivity contribution is 7.91. The molecule has 2 rings (SSSR count). The molecule has 21 heavy (non-hydrogen) atoms. The Labute approximate surface area is 131 Å². The van der Waals surface area contributed by atoms with Crippen LogP contribution in [0.15, 0.2) is 15.7 Å². The predicted molar refractivity (Wildman–Crippen MR) is 85.0 cm³/mol. The molecule has 2 N–H and O–H groups in total. The van der Waals surface area contributed by atoms with Crippen LogP contribution in [0.1, 0.15) is 31.7 Å². The van der Waals surface area contributed by atoms with Gasteiger partial charge in [0.25, 0.3) is 0 Å². The van der Waals surface area contributed by atoms with Crippen molar-refractivity contribution < 1.29 is 13.2 Å². The lowest BCUT2D eigenvalue weighted by Gasteiger charge is -2.21. The topological polar surface area (TPSA) is 67.4 Å². The first kappa shape index (κ1) is 16.9. The predicted octanol–water partition coefficient (Wildman–Crippen LogP) is 1.95. The number of nitrogens with one attached hydrogen (secondary N) is 2. The van der Waals surface area contributed by atoms with Gasteiger partial charge in [-0.15, -0.1) is 11.3 Å². The van der Waals surface area contributed by atoms with Crippen LogP contribution in [0.5, 0.6) is 0 Å². The molecule has 1 aromatic rings. The molecule has 0 bridgehead atoms. The van der Waals surface area contributed by atoms with Gasteiger partial charge in [0.2, 0.25) is 10.0 Å². The second-order valence-electron chi connectivity index (χ2n) is 5.36. The summed E-state index contributed by atoms with van der Waals surface area (Å²) in [6, 6.07) is 1.76. The molecule has 0 unspecified atom stereocenters. The molecule has 1 aliphatic rings. The van der Waals surface area contributed by atoms with Crippen LogP contribution in [0.3, 0.4) is 0 Å².